The standard InChI is InChI=1S/C4H7NS/c1-2-3-5-4-6/h2-4H,1H3,(H,5,6). The second kappa shape index (κ2) is 4.63. The third-order valence-electron chi connectivity index (χ3n) is 0.331. The molecule has 0 atom stereocenters. The summed E-state index contributed by atoms with van der Waals surface area (Å²) in [6.45, 7) is 1.92. The van der Waals surface area contributed by atoms with Crippen LogP contribution >= 0.6 is 12.2 Å². The first-order valence-electron chi connectivity index (χ1n) is 1.72. The molecule has 2 heteroatoms. The third-order valence-corrected chi connectivity index (χ3v) is 0.467. The van der Waals surface area contributed by atoms with Crippen molar-refractivity contribution in [1.29, 1.82) is 0 Å². The number of hydrogen-bond donors (Lipinski definition) is 1. The van der Waals surface area contributed by atoms with Gasteiger partial charge in [-0.2, -0.15) is 0 Å². The molecule has 0 bridgehead atoms. The van der Waals surface area contributed by atoms with E-state index >= 15 is 0 Å². The molecule has 0 aliphatic carbocycles. The maximum absolute atomic E-state index is 4.43. The Morgan fingerprint density at radius 3 is 2.50 bits per heavy atom. The SMILES string of the molecule is CC=CNC=S. The molecule has 0 saturated carbocycles. The molecule has 0 radical (unpaired) electrons. The highest BCUT2D eigenvalue weighted by atomic mass is 32.1. The lowest BCUT2D eigenvalue weighted by molar-refractivity contribution is 1.34. The van der Waals surface area contributed by atoms with Gasteiger partial charge in [0, 0.05) is 0 Å². The van der Waals surface area contributed by atoms with E-state index in [4.69, 9.17) is 0 Å². The molecular weight excluding hydrogens is 94.1 g/mol. The van der Waals surface area contributed by atoms with E-state index in [2.05, 4.69) is 17.5 Å². The molecular formula is C4H7NS. The molecule has 0 heterocycles. The van der Waals surface area contributed by atoms with Gasteiger partial charge in [-0.25, -0.2) is 0 Å². The fourth-order valence-electron chi connectivity index (χ4n) is 0.136. The van der Waals surface area contributed by atoms with Crippen LogP contribution in [0.25, 0.3) is 0 Å². The van der Waals surface area contributed by atoms with E-state index in [9.17, 15) is 0 Å². The summed E-state index contributed by atoms with van der Waals surface area (Å²) in [5.74, 6) is 0. The lowest BCUT2D eigenvalue weighted by atomic mass is 10.7. The van der Waals surface area contributed by atoms with Gasteiger partial charge < -0.3 is 5.32 Å². The molecule has 0 saturated heterocycles. The van der Waals surface area contributed by atoms with Crippen LogP contribution in [0.5, 0.6) is 0 Å². The van der Waals surface area contributed by atoms with Crippen molar-refractivity contribution in [2.75, 3.05) is 0 Å². The van der Waals surface area contributed by atoms with E-state index in [1.165, 1.54) is 5.49 Å². The van der Waals surface area contributed by atoms with Gasteiger partial charge in [-0.15, -0.1) is 0 Å². The fourth-order valence-corrected chi connectivity index (χ4v) is 0.214. The number of thiocarbonyl (C=S) groups is 1. The Kier molecular flexibility index (Phi) is 4.34. The highest BCUT2D eigenvalue weighted by Gasteiger charge is 1.52. The van der Waals surface area contributed by atoms with Gasteiger partial charge in [0.2, 0.25) is 0 Å². The van der Waals surface area contributed by atoms with Crippen LogP contribution in [-0.2, 0) is 0 Å². The molecule has 0 fully saturated rings. The van der Waals surface area contributed by atoms with Crippen molar-refractivity contribution in [2.45, 2.75) is 6.92 Å². The molecule has 0 unspecified atom stereocenters. The van der Waals surface area contributed by atoms with Crippen LogP contribution in [0.3, 0.4) is 0 Å². The van der Waals surface area contributed by atoms with Crippen LogP contribution in [0.15, 0.2) is 12.3 Å². The summed E-state index contributed by atoms with van der Waals surface area (Å²) in [6.07, 6.45) is 3.65. The Hall–Kier alpha value is -0.370. The molecule has 6 heavy (non-hydrogen) atoms. The van der Waals surface area contributed by atoms with Gasteiger partial charge in [-0.1, -0.05) is 18.3 Å². The van der Waals surface area contributed by atoms with Gasteiger partial charge in [0.25, 0.3) is 0 Å². The minimum Gasteiger partial charge on any atom is -0.359 e. The zero-order valence-electron chi connectivity index (χ0n) is 3.64. The van der Waals surface area contributed by atoms with E-state index in [0.29, 0.717) is 0 Å². The first-order chi connectivity index (χ1) is 2.91. The summed E-state index contributed by atoms with van der Waals surface area (Å²) in [4.78, 5) is 0. The molecule has 0 aromatic heterocycles. The van der Waals surface area contributed by atoms with Crippen molar-refractivity contribution in [3.63, 3.8) is 0 Å². The topological polar surface area (TPSA) is 12.0 Å². The van der Waals surface area contributed by atoms with Crippen LogP contribution in [0, 0.1) is 0 Å². The minimum atomic E-state index is 1.46. The molecule has 0 spiro atoms. The molecule has 1 nitrogen and oxygen atoms in total. The van der Waals surface area contributed by atoms with Gasteiger partial charge >= 0.3 is 0 Å². The monoisotopic (exact) mass is 101 g/mol. The van der Waals surface area contributed by atoms with E-state index in [0.717, 1.165) is 0 Å². The Morgan fingerprint density at radius 1 is 1.67 bits per heavy atom. The maximum Gasteiger partial charge on any atom is 0.0654 e. The zero-order chi connectivity index (χ0) is 4.83. The summed E-state index contributed by atoms with van der Waals surface area (Å²) >= 11 is 4.43. The van der Waals surface area contributed by atoms with Gasteiger partial charge in [0.05, 0.1) is 5.49 Å². The van der Waals surface area contributed by atoms with Crippen molar-refractivity contribution >= 4 is 17.7 Å². The van der Waals surface area contributed by atoms with Gasteiger partial charge in [0.15, 0.2) is 0 Å². The number of nitrogens with one attached hydrogen (secondary N) is 1. The highest BCUT2D eigenvalue weighted by molar-refractivity contribution is 7.78. The first-order valence-corrected chi connectivity index (χ1v) is 2.20. The van der Waals surface area contributed by atoms with Crippen LogP contribution < -0.4 is 5.32 Å². The van der Waals surface area contributed by atoms with E-state index in [1.807, 2.05) is 13.0 Å². The highest BCUT2D eigenvalue weighted by Crippen LogP contribution is 1.56. The molecule has 0 aromatic carbocycles. The predicted molar refractivity (Wildman–Crippen MR) is 31.6 cm³/mol. The second-order valence-electron chi connectivity index (χ2n) is 0.785. The molecule has 0 aromatic rings. The number of hydrogen-bond acceptors (Lipinski definition) is 1. The Bertz CT molecular complexity index is 58.6. The predicted octanol–water partition coefficient (Wildman–Crippen LogP) is 1.07. The van der Waals surface area contributed by atoms with Gasteiger partial charge in [-0.05, 0) is 13.1 Å². The summed E-state index contributed by atoms with van der Waals surface area (Å²) in [7, 11) is 0. The summed E-state index contributed by atoms with van der Waals surface area (Å²) in [5, 5.41) is 2.71. The summed E-state index contributed by atoms with van der Waals surface area (Å²) in [5.41, 5.74) is 1.46. The average Bonchev–Trinajstić information content (AvgIpc) is 1.61. The fraction of sp³-hybridized carbons (Fsp3) is 0.250. The summed E-state index contributed by atoms with van der Waals surface area (Å²) < 4.78 is 0. The first kappa shape index (κ1) is 5.63. The molecule has 0 aliphatic heterocycles. The summed E-state index contributed by atoms with van der Waals surface area (Å²) in [6, 6.07) is 0. The zero-order valence-corrected chi connectivity index (χ0v) is 4.46. The van der Waals surface area contributed by atoms with Crippen molar-refractivity contribution in [3.05, 3.63) is 12.3 Å². The molecule has 1 N–H and O–H groups in total. The van der Waals surface area contributed by atoms with Crippen molar-refractivity contribution in [3.8, 4) is 0 Å². The van der Waals surface area contributed by atoms with E-state index < -0.39 is 0 Å². The molecule has 0 aliphatic rings. The van der Waals surface area contributed by atoms with Crippen LogP contribution in [-0.4, -0.2) is 5.49 Å². The molecule has 0 amide bonds. The Labute approximate surface area is 43.1 Å². The second-order valence-corrected chi connectivity index (χ2v) is 1.02. The van der Waals surface area contributed by atoms with Crippen molar-refractivity contribution < 1.29 is 0 Å². The molecule has 0 rings (SSSR count). The molecule has 34 valence electrons. The Morgan fingerprint density at radius 2 is 2.33 bits per heavy atom. The lowest BCUT2D eigenvalue weighted by Gasteiger charge is -1.77. The smallest absolute Gasteiger partial charge is 0.0654 e. The third kappa shape index (κ3) is 3.63. The minimum absolute atomic E-state index is 1.46. The largest absolute Gasteiger partial charge is 0.359 e. The van der Waals surface area contributed by atoms with Crippen LogP contribution in [0.1, 0.15) is 6.92 Å². The Balaban J connectivity index is 2.85. The normalized spacial score (nSPS) is 8.83. The number of rotatable bonds is 2. The van der Waals surface area contributed by atoms with Gasteiger partial charge in [-0.3, -0.25) is 0 Å². The van der Waals surface area contributed by atoms with E-state index in [-0.39, 0.29) is 0 Å². The van der Waals surface area contributed by atoms with Gasteiger partial charge in [0.1, 0.15) is 0 Å². The average molecular weight is 101 g/mol. The lowest BCUT2D eigenvalue weighted by Crippen LogP contribution is -1.95. The maximum atomic E-state index is 4.43. The number of allylic oxidation sites excluding steroid dienone is 1. The van der Waals surface area contributed by atoms with Crippen molar-refractivity contribution in [2.24, 2.45) is 0 Å². The van der Waals surface area contributed by atoms with Crippen LogP contribution in [0.4, 0.5) is 0 Å². The van der Waals surface area contributed by atoms with E-state index in [1.54, 1.807) is 6.20 Å². The quantitative estimate of drug-likeness (QED) is 0.522. The van der Waals surface area contributed by atoms with Crippen LogP contribution in [0.2, 0.25) is 0 Å². The van der Waals surface area contributed by atoms with Crippen molar-refractivity contribution in [1.82, 2.24) is 5.32 Å².